The van der Waals surface area contributed by atoms with Crippen molar-refractivity contribution in [2.75, 3.05) is 24.9 Å². The normalized spacial score (nSPS) is 20.9. The first kappa shape index (κ1) is 27.6. The van der Waals surface area contributed by atoms with Crippen molar-refractivity contribution in [2.24, 2.45) is 5.92 Å². The summed E-state index contributed by atoms with van der Waals surface area (Å²) in [7, 11) is -2.11. The Hall–Kier alpha value is -2.43. The minimum absolute atomic E-state index is 0.0298. The summed E-state index contributed by atoms with van der Waals surface area (Å²) < 4.78 is 75.4. The van der Waals surface area contributed by atoms with E-state index >= 15 is 0 Å². The van der Waals surface area contributed by atoms with Gasteiger partial charge in [-0.05, 0) is 73.9 Å². The summed E-state index contributed by atoms with van der Waals surface area (Å²) in [6.07, 6.45) is -0.473. The summed E-state index contributed by atoms with van der Waals surface area (Å²) >= 11 is 1.63. The Balaban J connectivity index is 1.56. The second-order valence-corrected chi connectivity index (χ2v) is 12.6. The van der Waals surface area contributed by atoms with Gasteiger partial charge in [-0.15, -0.1) is 0 Å². The van der Waals surface area contributed by atoms with Gasteiger partial charge in [0.1, 0.15) is 11.9 Å². The Bertz CT molecular complexity index is 1320. The molecule has 0 bridgehead atoms. The van der Waals surface area contributed by atoms with E-state index in [1.54, 1.807) is 17.8 Å². The molecule has 1 aliphatic carbocycles. The SMILES string of the molecule is Cc1cccc(C)c1SC1=CC=C(S(=O)(=O)Nc2ccc(C(F)(F)F)c(O[C@@H]3CCN(C)C3)c2)C(C)C1. The molecule has 0 aromatic heterocycles. The molecule has 0 spiro atoms. The zero-order chi connectivity index (χ0) is 27.0. The standard InChI is InChI=1S/C27H31F3N2O3S2/c1-17-6-5-7-18(2)26(17)36-22-9-11-25(19(3)14-22)37(33,34)31-20-8-10-23(27(28,29)30)24(15-20)35-21-12-13-32(4)16-21/h5-11,15,19,21,31H,12-14,16H2,1-4H3/t19?,21-/m1/s1. The third-order valence-corrected chi connectivity index (χ3v) is 9.64. The summed E-state index contributed by atoms with van der Waals surface area (Å²) in [6.45, 7) is 7.16. The number of hydrogen-bond donors (Lipinski definition) is 1. The molecule has 4 rings (SSSR count). The van der Waals surface area contributed by atoms with Gasteiger partial charge in [-0.2, -0.15) is 13.2 Å². The molecule has 2 atom stereocenters. The first-order chi connectivity index (χ1) is 17.3. The van der Waals surface area contributed by atoms with Crippen molar-refractivity contribution in [1.29, 1.82) is 0 Å². The van der Waals surface area contributed by atoms with Crippen molar-refractivity contribution in [3.8, 4) is 5.75 Å². The predicted molar refractivity (Wildman–Crippen MR) is 142 cm³/mol. The molecule has 2 aromatic carbocycles. The Morgan fingerprint density at radius 1 is 1.11 bits per heavy atom. The number of thioether (sulfide) groups is 1. The van der Waals surface area contributed by atoms with Crippen LogP contribution in [0.25, 0.3) is 0 Å². The molecule has 0 saturated carbocycles. The van der Waals surface area contributed by atoms with E-state index in [1.165, 1.54) is 0 Å². The third-order valence-electron chi connectivity index (χ3n) is 6.56. The molecule has 1 aliphatic heterocycles. The number of nitrogens with one attached hydrogen (secondary N) is 1. The van der Waals surface area contributed by atoms with Gasteiger partial charge in [0.15, 0.2) is 0 Å². The highest BCUT2D eigenvalue weighted by molar-refractivity contribution is 8.03. The highest BCUT2D eigenvalue weighted by Crippen LogP contribution is 2.41. The largest absolute Gasteiger partial charge is 0.488 e. The number of likely N-dealkylation sites (tertiary alicyclic amines) is 1. The lowest BCUT2D eigenvalue weighted by Gasteiger charge is -2.23. The van der Waals surface area contributed by atoms with E-state index in [-0.39, 0.29) is 22.3 Å². The Kier molecular flexibility index (Phi) is 8.02. The number of ether oxygens (including phenoxy) is 1. The van der Waals surface area contributed by atoms with Crippen molar-refractivity contribution in [2.45, 2.75) is 50.8 Å². The molecule has 10 heteroatoms. The fourth-order valence-electron chi connectivity index (χ4n) is 4.63. The maximum atomic E-state index is 13.6. The van der Waals surface area contributed by atoms with Gasteiger partial charge in [0, 0.05) is 24.1 Å². The molecule has 0 amide bonds. The lowest BCUT2D eigenvalue weighted by Crippen LogP contribution is -2.23. The number of rotatable bonds is 7. The minimum Gasteiger partial charge on any atom is -0.488 e. The van der Waals surface area contributed by atoms with Gasteiger partial charge in [0.2, 0.25) is 0 Å². The Morgan fingerprint density at radius 2 is 1.81 bits per heavy atom. The van der Waals surface area contributed by atoms with Crippen LogP contribution < -0.4 is 9.46 Å². The zero-order valence-electron chi connectivity index (χ0n) is 21.2. The highest BCUT2D eigenvalue weighted by atomic mass is 32.2. The van der Waals surface area contributed by atoms with E-state index in [2.05, 4.69) is 4.72 Å². The molecular formula is C27H31F3N2O3S2. The van der Waals surface area contributed by atoms with E-state index in [1.807, 2.05) is 57.0 Å². The Labute approximate surface area is 220 Å². The average molecular weight is 553 g/mol. The van der Waals surface area contributed by atoms with Crippen LogP contribution in [-0.2, 0) is 16.2 Å². The van der Waals surface area contributed by atoms with E-state index < -0.39 is 27.9 Å². The lowest BCUT2D eigenvalue weighted by atomic mass is 10.0. The van der Waals surface area contributed by atoms with Crippen LogP contribution in [0.1, 0.15) is 36.5 Å². The lowest BCUT2D eigenvalue weighted by molar-refractivity contribution is -0.139. The Morgan fingerprint density at radius 3 is 2.41 bits per heavy atom. The molecule has 1 unspecified atom stereocenters. The van der Waals surface area contributed by atoms with E-state index in [0.29, 0.717) is 19.4 Å². The maximum Gasteiger partial charge on any atom is 0.419 e. The fourth-order valence-corrected chi connectivity index (χ4v) is 7.24. The van der Waals surface area contributed by atoms with Crippen LogP contribution in [0.2, 0.25) is 0 Å². The second kappa shape index (κ2) is 10.7. The summed E-state index contributed by atoms with van der Waals surface area (Å²) in [4.78, 5) is 4.38. The quantitative estimate of drug-likeness (QED) is 0.412. The summed E-state index contributed by atoms with van der Waals surface area (Å²) in [5.74, 6) is -0.667. The molecule has 200 valence electrons. The number of likely N-dealkylation sites (N-methyl/N-ethyl adjacent to an activating group) is 1. The van der Waals surface area contributed by atoms with E-state index in [4.69, 9.17) is 4.74 Å². The van der Waals surface area contributed by atoms with Crippen LogP contribution >= 0.6 is 11.8 Å². The number of halogens is 3. The van der Waals surface area contributed by atoms with Crippen LogP contribution in [0.15, 0.2) is 63.3 Å². The van der Waals surface area contributed by atoms with Gasteiger partial charge in [-0.25, -0.2) is 8.42 Å². The van der Waals surface area contributed by atoms with Gasteiger partial charge in [0.25, 0.3) is 10.0 Å². The second-order valence-electron chi connectivity index (χ2n) is 9.74. The smallest absolute Gasteiger partial charge is 0.419 e. The summed E-state index contributed by atoms with van der Waals surface area (Å²) in [5.41, 5.74) is 1.42. The predicted octanol–water partition coefficient (Wildman–Crippen LogP) is 6.75. The van der Waals surface area contributed by atoms with Crippen LogP contribution in [0.3, 0.4) is 0 Å². The highest BCUT2D eigenvalue weighted by Gasteiger charge is 2.36. The number of allylic oxidation sites excluding steroid dienone is 4. The van der Waals surface area contributed by atoms with Crippen LogP contribution in [0.5, 0.6) is 5.75 Å². The molecule has 1 N–H and O–H groups in total. The molecule has 2 aliphatic rings. The van der Waals surface area contributed by atoms with Crippen molar-refractivity contribution >= 4 is 27.5 Å². The summed E-state index contributed by atoms with van der Waals surface area (Å²) in [6, 6.07) is 9.22. The molecule has 37 heavy (non-hydrogen) atoms. The molecular weight excluding hydrogens is 521 g/mol. The number of anilines is 1. The van der Waals surface area contributed by atoms with Crippen molar-refractivity contribution in [3.63, 3.8) is 0 Å². The molecule has 0 radical (unpaired) electrons. The van der Waals surface area contributed by atoms with Gasteiger partial charge in [-0.1, -0.05) is 43.0 Å². The van der Waals surface area contributed by atoms with Crippen molar-refractivity contribution < 1.29 is 26.3 Å². The first-order valence-electron chi connectivity index (χ1n) is 12.1. The number of nitrogens with zero attached hydrogens (tertiary/aromatic N) is 1. The summed E-state index contributed by atoms with van der Waals surface area (Å²) in [5, 5.41) is 0. The van der Waals surface area contributed by atoms with Crippen LogP contribution in [0.4, 0.5) is 18.9 Å². The van der Waals surface area contributed by atoms with Crippen LogP contribution in [-0.4, -0.2) is 39.6 Å². The topological polar surface area (TPSA) is 58.6 Å². The van der Waals surface area contributed by atoms with Crippen molar-refractivity contribution in [1.82, 2.24) is 4.90 Å². The van der Waals surface area contributed by atoms with Gasteiger partial charge in [0.05, 0.1) is 16.2 Å². The fraction of sp³-hybridized carbons (Fsp3) is 0.407. The maximum absolute atomic E-state index is 13.6. The number of alkyl halides is 3. The van der Waals surface area contributed by atoms with Gasteiger partial charge >= 0.3 is 6.18 Å². The average Bonchev–Trinajstić information content (AvgIpc) is 3.19. The van der Waals surface area contributed by atoms with E-state index in [0.717, 1.165) is 45.7 Å². The number of aryl methyl sites for hydroxylation is 2. The molecule has 1 fully saturated rings. The van der Waals surface area contributed by atoms with Crippen LogP contribution in [0, 0.1) is 19.8 Å². The molecule has 2 aromatic rings. The molecule has 1 saturated heterocycles. The molecule has 1 heterocycles. The van der Waals surface area contributed by atoms with Crippen molar-refractivity contribution in [3.05, 3.63) is 75.1 Å². The number of sulfonamides is 1. The number of hydrogen-bond acceptors (Lipinski definition) is 5. The minimum atomic E-state index is -4.62. The first-order valence-corrected chi connectivity index (χ1v) is 14.4. The van der Waals surface area contributed by atoms with Gasteiger partial charge in [-0.3, -0.25) is 4.72 Å². The number of benzene rings is 2. The van der Waals surface area contributed by atoms with E-state index in [9.17, 15) is 21.6 Å². The third kappa shape index (κ3) is 6.53. The molecule has 5 nitrogen and oxygen atoms in total. The van der Waals surface area contributed by atoms with Gasteiger partial charge < -0.3 is 9.64 Å². The zero-order valence-corrected chi connectivity index (χ0v) is 22.9. The monoisotopic (exact) mass is 552 g/mol.